The molecule has 4 aromatic rings. The molecule has 10 heteroatoms. The third kappa shape index (κ3) is 3.91. The highest BCUT2D eigenvalue weighted by molar-refractivity contribution is 7.21. The second-order valence-corrected chi connectivity index (χ2v) is 9.39. The largest absolute Gasteiger partial charge is 0.488 e. The molecule has 0 spiro atoms. The molecule has 1 aliphatic rings. The van der Waals surface area contributed by atoms with Crippen LogP contribution < -0.4 is 21.1 Å². The third-order valence-corrected chi connectivity index (χ3v) is 6.51. The summed E-state index contributed by atoms with van der Waals surface area (Å²) < 4.78 is 21.0. The number of halogens is 1. The molecule has 4 heterocycles. The van der Waals surface area contributed by atoms with Gasteiger partial charge in [0.2, 0.25) is 5.95 Å². The molecule has 4 N–H and O–H groups in total. The van der Waals surface area contributed by atoms with E-state index in [1.54, 1.807) is 6.20 Å². The maximum absolute atomic E-state index is 15.1. The quantitative estimate of drug-likeness (QED) is 0.460. The fourth-order valence-electron chi connectivity index (χ4n) is 4.32. The summed E-state index contributed by atoms with van der Waals surface area (Å²) in [4.78, 5) is 20.5. The van der Waals surface area contributed by atoms with E-state index < -0.39 is 5.82 Å². The molecule has 1 aliphatic heterocycles. The summed E-state index contributed by atoms with van der Waals surface area (Å²) in [7, 11) is 0. The van der Waals surface area contributed by atoms with E-state index in [4.69, 9.17) is 16.2 Å². The van der Waals surface area contributed by atoms with Crippen molar-refractivity contribution < 1.29 is 9.13 Å². The van der Waals surface area contributed by atoms with E-state index in [-0.39, 0.29) is 17.6 Å². The number of rotatable bonds is 3. The van der Waals surface area contributed by atoms with Crippen molar-refractivity contribution in [1.29, 1.82) is 0 Å². The third-order valence-electron chi connectivity index (χ3n) is 5.70. The number of hydrogen-bond acceptors (Lipinski definition) is 9. The number of aromatic nitrogens is 4. The molecular formula is C23H24FN7OS. The van der Waals surface area contributed by atoms with Gasteiger partial charge in [-0.25, -0.2) is 19.3 Å². The first-order valence-corrected chi connectivity index (χ1v) is 11.5. The molecule has 0 amide bonds. The van der Waals surface area contributed by atoms with E-state index in [1.807, 2.05) is 19.1 Å². The molecule has 170 valence electrons. The standard InChI is InChI=1S/C23H24FN7OS/c1-11(2)18-12(3)28-22(25)30-20(18)31-4-5-32-19-15(10-31)6-13(7-16(19)24)14-8-17-21(27-9-14)33-23(26)29-17/h6-9,11H,4-5,10H2,1-3H3,(H2,26,29)(H2,25,28,30). The summed E-state index contributed by atoms with van der Waals surface area (Å²) >= 11 is 1.32. The van der Waals surface area contributed by atoms with Crippen molar-refractivity contribution in [3.05, 3.63) is 47.0 Å². The Morgan fingerprint density at radius 2 is 1.94 bits per heavy atom. The minimum absolute atomic E-state index is 0.204. The zero-order valence-corrected chi connectivity index (χ0v) is 19.4. The molecule has 8 nitrogen and oxygen atoms in total. The Hall–Kier alpha value is -3.53. The molecule has 0 saturated heterocycles. The normalized spacial score (nSPS) is 13.8. The SMILES string of the molecule is Cc1nc(N)nc(N2CCOc3c(F)cc(-c4cnc5sc(N)nc5c4)cc3C2)c1C(C)C. The first-order valence-electron chi connectivity index (χ1n) is 10.7. The topological polar surface area (TPSA) is 116 Å². The van der Waals surface area contributed by atoms with Gasteiger partial charge < -0.3 is 21.1 Å². The first kappa shape index (κ1) is 21.3. The van der Waals surface area contributed by atoms with Crippen molar-refractivity contribution in [2.45, 2.75) is 33.2 Å². The zero-order chi connectivity index (χ0) is 23.3. The van der Waals surface area contributed by atoms with Gasteiger partial charge in [-0.2, -0.15) is 4.98 Å². The van der Waals surface area contributed by atoms with E-state index in [9.17, 15) is 0 Å². The summed E-state index contributed by atoms with van der Waals surface area (Å²) in [5, 5.41) is 0.451. The lowest BCUT2D eigenvalue weighted by Crippen LogP contribution is -2.28. The van der Waals surface area contributed by atoms with Crippen molar-refractivity contribution in [1.82, 2.24) is 19.9 Å². The van der Waals surface area contributed by atoms with Gasteiger partial charge in [0.15, 0.2) is 16.7 Å². The molecule has 0 atom stereocenters. The van der Waals surface area contributed by atoms with Crippen LogP contribution in [0.3, 0.4) is 0 Å². The van der Waals surface area contributed by atoms with Crippen LogP contribution in [0.5, 0.6) is 5.75 Å². The lowest BCUT2D eigenvalue weighted by molar-refractivity contribution is 0.314. The van der Waals surface area contributed by atoms with Crippen LogP contribution >= 0.6 is 11.3 Å². The Balaban J connectivity index is 1.58. The number of anilines is 3. The molecular weight excluding hydrogens is 441 g/mol. The minimum Gasteiger partial charge on any atom is -0.488 e. The molecule has 1 aromatic carbocycles. The number of thiazole rings is 1. The van der Waals surface area contributed by atoms with E-state index in [0.717, 1.165) is 33.0 Å². The number of fused-ring (bicyclic) bond motifs is 2. The maximum atomic E-state index is 15.1. The maximum Gasteiger partial charge on any atom is 0.222 e. The second-order valence-electron chi connectivity index (χ2n) is 8.38. The lowest BCUT2D eigenvalue weighted by Gasteiger charge is -2.26. The Labute approximate surface area is 194 Å². The van der Waals surface area contributed by atoms with Gasteiger partial charge >= 0.3 is 0 Å². The Kier molecular flexibility index (Phi) is 5.24. The minimum atomic E-state index is -0.412. The second kappa shape index (κ2) is 8.11. The fourth-order valence-corrected chi connectivity index (χ4v) is 4.98. The van der Waals surface area contributed by atoms with Gasteiger partial charge in [0, 0.05) is 35.1 Å². The van der Waals surface area contributed by atoms with Gasteiger partial charge in [-0.05, 0) is 36.6 Å². The smallest absolute Gasteiger partial charge is 0.222 e. The van der Waals surface area contributed by atoms with Crippen LogP contribution in [-0.2, 0) is 6.54 Å². The number of aryl methyl sites for hydroxylation is 1. The predicted molar refractivity (Wildman–Crippen MR) is 129 cm³/mol. The van der Waals surface area contributed by atoms with Gasteiger partial charge in [-0.3, -0.25) is 0 Å². The Morgan fingerprint density at radius 3 is 2.73 bits per heavy atom. The van der Waals surface area contributed by atoms with E-state index in [1.165, 1.54) is 17.4 Å². The van der Waals surface area contributed by atoms with Crippen molar-refractivity contribution in [3.63, 3.8) is 0 Å². The number of ether oxygens (including phenoxy) is 1. The molecule has 0 bridgehead atoms. The Bertz CT molecular complexity index is 1370. The lowest BCUT2D eigenvalue weighted by atomic mass is 10.0. The van der Waals surface area contributed by atoms with Crippen molar-refractivity contribution in [3.8, 4) is 16.9 Å². The molecule has 0 aliphatic carbocycles. The fraction of sp³-hybridized carbons (Fsp3) is 0.304. The highest BCUT2D eigenvalue weighted by atomic mass is 32.1. The number of pyridine rings is 1. The predicted octanol–water partition coefficient (Wildman–Crippen LogP) is 4.28. The van der Waals surface area contributed by atoms with Gasteiger partial charge in [0.05, 0.1) is 6.54 Å². The summed E-state index contributed by atoms with van der Waals surface area (Å²) in [6.07, 6.45) is 1.71. The van der Waals surface area contributed by atoms with E-state index in [2.05, 4.69) is 38.7 Å². The summed E-state index contributed by atoms with van der Waals surface area (Å²) in [5.41, 5.74) is 16.5. The summed E-state index contributed by atoms with van der Waals surface area (Å²) in [6.45, 7) is 7.43. The van der Waals surface area contributed by atoms with Gasteiger partial charge in [-0.1, -0.05) is 25.2 Å². The zero-order valence-electron chi connectivity index (χ0n) is 18.6. The highest BCUT2D eigenvalue weighted by Gasteiger charge is 2.25. The van der Waals surface area contributed by atoms with Crippen LogP contribution in [0.4, 0.5) is 21.3 Å². The van der Waals surface area contributed by atoms with Gasteiger partial charge in [0.25, 0.3) is 0 Å². The van der Waals surface area contributed by atoms with Crippen molar-refractivity contribution in [2.75, 3.05) is 29.5 Å². The number of hydrogen-bond donors (Lipinski definition) is 2. The van der Waals surface area contributed by atoms with Crippen LogP contribution in [0.2, 0.25) is 0 Å². The van der Waals surface area contributed by atoms with Crippen LogP contribution in [0.15, 0.2) is 24.4 Å². The van der Waals surface area contributed by atoms with Crippen LogP contribution in [0.1, 0.15) is 36.6 Å². The summed E-state index contributed by atoms with van der Waals surface area (Å²) in [6, 6.07) is 5.28. The molecule has 0 saturated carbocycles. The van der Waals surface area contributed by atoms with Crippen LogP contribution in [-0.4, -0.2) is 33.1 Å². The molecule has 5 rings (SSSR count). The number of nitrogens with two attached hydrogens (primary N) is 2. The molecule has 3 aromatic heterocycles. The molecule has 0 fully saturated rings. The number of nitrogen functional groups attached to an aromatic ring is 2. The average molecular weight is 466 g/mol. The monoisotopic (exact) mass is 465 g/mol. The van der Waals surface area contributed by atoms with Crippen molar-refractivity contribution >= 4 is 38.6 Å². The van der Waals surface area contributed by atoms with E-state index in [0.29, 0.717) is 35.9 Å². The first-order chi connectivity index (χ1) is 15.8. The summed E-state index contributed by atoms with van der Waals surface area (Å²) in [5.74, 6) is 1.04. The van der Waals surface area contributed by atoms with Crippen molar-refractivity contribution in [2.24, 2.45) is 0 Å². The molecule has 33 heavy (non-hydrogen) atoms. The van der Waals surface area contributed by atoms with Gasteiger partial charge in [-0.15, -0.1) is 0 Å². The van der Waals surface area contributed by atoms with E-state index >= 15 is 4.39 Å². The molecule has 0 radical (unpaired) electrons. The van der Waals surface area contributed by atoms with Crippen LogP contribution in [0.25, 0.3) is 21.5 Å². The van der Waals surface area contributed by atoms with Gasteiger partial charge in [0.1, 0.15) is 22.8 Å². The Morgan fingerprint density at radius 1 is 1.12 bits per heavy atom. The number of benzene rings is 1. The molecule has 0 unspecified atom stereocenters. The highest BCUT2D eigenvalue weighted by Crippen LogP contribution is 2.36. The number of nitrogens with zero attached hydrogens (tertiary/aromatic N) is 5. The average Bonchev–Trinajstić information content (AvgIpc) is 2.98. The van der Waals surface area contributed by atoms with Crippen LogP contribution in [0, 0.1) is 12.7 Å².